The van der Waals surface area contributed by atoms with Gasteiger partial charge in [0.25, 0.3) is 0 Å². The topological polar surface area (TPSA) is 66.0 Å². The summed E-state index contributed by atoms with van der Waals surface area (Å²) in [5.74, 6) is 1.43. The monoisotopic (exact) mass is 274 g/mol. The van der Waals surface area contributed by atoms with Crippen molar-refractivity contribution in [1.82, 2.24) is 15.0 Å². The van der Waals surface area contributed by atoms with Gasteiger partial charge in [0.2, 0.25) is 0 Å². The molecule has 0 unspecified atom stereocenters. The Hall–Kier alpha value is -1.88. The Balaban J connectivity index is 1.89. The molecular formula is C15H22N4O. The first-order chi connectivity index (χ1) is 9.60. The Labute approximate surface area is 119 Å². The van der Waals surface area contributed by atoms with Crippen molar-refractivity contribution in [2.24, 2.45) is 5.73 Å². The summed E-state index contributed by atoms with van der Waals surface area (Å²) >= 11 is 0. The zero-order valence-electron chi connectivity index (χ0n) is 12.3. The Morgan fingerprint density at radius 2 is 2.15 bits per heavy atom. The average molecular weight is 274 g/mol. The number of hydrogen-bond donors (Lipinski definition) is 1. The number of nitrogens with zero attached hydrogens (tertiary/aromatic N) is 3. The highest BCUT2D eigenvalue weighted by Gasteiger charge is 2.05. The Morgan fingerprint density at radius 3 is 2.75 bits per heavy atom. The predicted molar refractivity (Wildman–Crippen MR) is 78.7 cm³/mol. The molecule has 0 aliphatic heterocycles. The zero-order chi connectivity index (χ0) is 14.5. The van der Waals surface area contributed by atoms with E-state index in [2.05, 4.69) is 43.2 Å². The predicted octanol–water partition coefficient (Wildman–Crippen LogP) is 2.25. The minimum atomic E-state index is 0.413. The number of aryl methyl sites for hydroxylation is 1. The van der Waals surface area contributed by atoms with Crippen molar-refractivity contribution in [2.45, 2.75) is 39.8 Å². The van der Waals surface area contributed by atoms with Gasteiger partial charge in [-0.1, -0.05) is 25.1 Å². The highest BCUT2D eigenvalue weighted by atomic mass is 16.5. The SMILES string of the molecule is Cc1cc(OCCn2cc(CN)nn2)ccc1C(C)C. The summed E-state index contributed by atoms with van der Waals surface area (Å²) in [7, 11) is 0. The van der Waals surface area contributed by atoms with Crippen molar-refractivity contribution >= 4 is 0 Å². The number of ether oxygens (including phenoxy) is 1. The molecule has 0 saturated carbocycles. The van der Waals surface area contributed by atoms with Gasteiger partial charge in [-0.25, -0.2) is 4.68 Å². The molecule has 0 fully saturated rings. The quantitative estimate of drug-likeness (QED) is 0.877. The van der Waals surface area contributed by atoms with Gasteiger partial charge in [-0.05, 0) is 36.1 Å². The van der Waals surface area contributed by atoms with Crippen LogP contribution in [0.5, 0.6) is 5.75 Å². The van der Waals surface area contributed by atoms with Crippen LogP contribution in [0.2, 0.25) is 0 Å². The molecule has 2 N–H and O–H groups in total. The Morgan fingerprint density at radius 1 is 1.35 bits per heavy atom. The molecule has 20 heavy (non-hydrogen) atoms. The van der Waals surface area contributed by atoms with Gasteiger partial charge in [0.1, 0.15) is 12.4 Å². The molecule has 2 aromatic rings. The summed E-state index contributed by atoms with van der Waals surface area (Å²) in [6.07, 6.45) is 1.84. The zero-order valence-corrected chi connectivity index (χ0v) is 12.3. The van der Waals surface area contributed by atoms with Gasteiger partial charge in [0, 0.05) is 12.7 Å². The van der Waals surface area contributed by atoms with Crippen molar-refractivity contribution in [1.29, 1.82) is 0 Å². The third-order valence-corrected chi connectivity index (χ3v) is 3.25. The van der Waals surface area contributed by atoms with Gasteiger partial charge in [0.05, 0.1) is 12.2 Å². The van der Waals surface area contributed by atoms with Crippen LogP contribution in [0.25, 0.3) is 0 Å². The number of rotatable bonds is 6. The van der Waals surface area contributed by atoms with Crippen LogP contribution in [-0.4, -0.2) is 21.6 Å². The third-order valence-electron chi connectivity index (χ3n) is 3.25. The largest absolute Gasteiger partial charge is 0.492 e. The molecule has 0 radical (unpaired) electrons. The molecule has 0 aliphatic rings. The fourth-order valence-electron chi connectivity index (χ4n) is 2.18. The number of hydrogen-bond acceptors (Lipinski definition) is 4. The summed E-state index contributed by atoms with van der Waals surface area (Å²) in [6, 6.07) is 6.24. The molecule has 108 valence electrons. The first kappa shape index (κ1) is 14.5. The van der Waals surface area contributed by atoms with Gasteiger partial charge < -0.3 is 10.5 Å². The van der Waals surface area contributed by atoms with E-state index >= 15 is 0 Å². The van der Waals surface area contributed by atoms with Gasteiger partial charge >= 0.3 is 0 Å². The smallest absolute Gasteiger partial charge is 0.119 e. The maximum Gasteiger partial charge on any atom is 0.119 e. The van der Waals surface area contributed by atoms with Gasteiger partial charge in [-0.3, -0.25) is 0 Å². The van der Waals surface area contributed by atoms with E-state index in [9.17, 15) is 0 Å². The first-order valence-electron chi connectivity index (χ1n) is 6.92. The summed E-state index contributed by atoms with van der Waals surface area (Å²) in [6.45, 7) is 8.15. The normalized spacial score (nSPS) is 11.1. The lowest BCUT2D eigenvalue weighted by molar-refractivity contribution is 0.289. The molecule has 0 saturated heterocycles. The molecule has 5 nitrogen and oxygen atoms in total. The van der Waals surface area contributed by atoms with Crippen LogP contribution in [0.1, 0.15) is 36.6 Å². The molecule has 0 atom stereocenters. The van der Waals surface area contributed by atoms with Crippen LogP contribution >= 0.6 is 0 Å². The lowest BCUT2D eigenvalue weighted by Gasteiger charge is -2.12. The molecule has 0 spiro atoms. The van der Waals surface area contributed by atoms with Crippen molar-refractivity contribution in [3.8, 4) is 5.75 Å². The third kappa shape index (κ3) is 3.57. The summed E-state index contributed by atoms with van der Waals surface area (Å²) in [5.41, 5.74) is 8.91. The molecule has 5 heteroatoms. The van der Waals surface area contributed by atoms with E-state index in [1.54, 1.807) is 4.68 Å². The molecular weight excluding hydrogens is 252 g/mol. The lowest BCUT2D eigenvalue weighted by Crippen LogP contribution is -2.09. The van der Waals surface area contributed by atoms with E-state index in [1.165, 1.54) is 11.1 Å². The van der Waals surface area contributed by atoms with E-state index in [4.69, 9.17) is 10.5 Å². The highest BCUT2D eigenvalue weighted by Crippen LogP contribution is 2.23. The molecule has 1 aromatic carbocycles. The van der Waals surface area contributed by atoms with Gasteiger partial charge in [-0.2, -0.15) is 0 Å². The fourth-order valence-corrected chi connectivity index (χ4v) is 2.18. The van der Waals surface area contributed by atoms with Crippen molar-refractivity contribution < 1.29 is 4.74 Å². The summed E-state index contributed by atoms with van der Waals surface area (Å²) < 4.78 is 7.50. The van der Waals surface area contributed by atoms with Crippen LogP contribution < -0.4 is 10.5 Å². The van der Waals surface area contributed by atoms with E-state index in [-0.39, 0.29) is 0 Å². The van der Waals surface area contributed by atoms with Crippen LogP contribution in [0.3, 0.4) is 0 Å². The standard InChI is InChI=1S/C15H22N4O/c1-11(2)15-5-4-14(8-12(15)3)20-7-6-19-10-13(9-16)17-18-19/h4-5,8,10-11H,6-7,9,16H2,1-3H3. The lowest BCUT2D eigenvalue weighted by atomic mass is 9.98. The molecule has 1 aromatic heterocycles. The number of nitrogens with two attached hydrogens (primary N) is 1. The highest BCUT2D eigenvalue weighted by molar-refractivity contribution is 5.36. The van der Waals surface area contributed by atoms with E-state index < -0.39 is 0 Å². The fraction of sp³-hybridized carbons (Fsp3) is 0.467. The van der Waals surface area contributed by atoms with Gasteiger partial charge in [-0.15, -0.1) is 5.10 Å². The molecule has 0 aliphatic carbocycles. The molecule has 0 amide bonds. The van der Waals surface area contributed by atoms with Crippen LogP contribution in [-0.2, 0) is 13.1 Å². The second-order valence-electron chi connectivity index (χ2n) is 5.20. The van der Waals surface area contributed by atoms with Crippen molar-refractivity contribution in [2.75, 3.05) is 6.61 Å². The molecule has 2 rings (SSSR count). The second-order valence-corrected chi connectivity index (χ2v) is 5.20. The maximum absolute atomic E-state index is 5.75. The van der Waals surface area contributed by atoms with Crippen molar-refractivity contribution in [3.63, 3.8) is 0 Å². The first-order valence-corrected chi connectivity index (χ1v) is 6.92. The number of aromatic nitrogens is 3. The van der Waals surface area contributed by atoms with E-state index in [0.29, 0.717) is 25.6 Å². The summed E-state index contributed by atoms with van der Waals surface area (Å²) in [4.78, 5) is 0. The minimum Gasteiger partial charge on any atom is -0.492 e. The van der Waals surface area contributed by atoms with Crippen LogP contribution in [0.15, 0.2) is 24.4 Å². The Bertz CT molecular complexity index is 563. The van der Waals surface area contributed by atoms with E-state index in [0.717, 1.165) is 11.4 Å². The minimum absolute atomic E-state index is 0.413. The maximum atomic E-state index is 5.75. The second kappa shape index (κ2) is 6.52. The van der Waals surface area contributed by atoms with Crippen LogP contribution in [0.4, 0.5) is 0 Å². The van der Waals surface area contributed by atoms with Gasteiger partial charge in [0.15, 0.2) is 0 Å². The molecule has 1 heterocycles. The van der Waals surface area contributed by atoms with Crippen molar-refractivity contribution in [3.05, 3.63) is 41.2 Å². The average Bonchev–Trinajstić information content (AvgIpc) is 2.86. The van der Waals surface area contributed by atoms with E-state index in [1.807, 2.05) is 12.3 Å². The number of benzene rings is 1. The Kier molecular flexibility index (Phi) is 4.74. The van der Waals surface area contributed by atoms with Crippen LogP contribution in [0, 0.1) is 6.92 Å². The molecule has 0 bridgehead atoms. The summed E-state index contributed by atoms with van der Waals surface area (Å²) in [5, 5.41) is 7.92.